The van der Waals surface area contributed by atoms with Gasteiger partial charge < -0.3 is 10.1 Å². The monoisotopic (exact) mass is 216 g/mol. The highest BCUT2D eigenvalue weighted by Crippen LogP contribution is 2.01. The van der Waals surface area contributed by atoms with Crippen LogP contribution in [0.2, 0.25) is 0 Å². The highest BCUT2D eigenvalue weighted by Gasteiger charge is 2.14. The van der Waals surface area contributed by atoms with Gasteiger partial charge in [0.15, 0.2) is 0 Å². The van der Waals surface area contributed by atoms with E-state index in [0.29, 0.717) is 12.1 Å². The molecule has 0 spiro atoms. The number of hydrogen-bond donors (Lipinski definition) is 1. The van der Waals surface area contributed by atoms with E-state index in [4.69, 9.17) is 4.74 Å². The Hall–Kier alpha value is -0.120. The second-order valence-electron chi connectivity index (χ2n) is 4.38. The molecule has 0 bridgehead atoms. The van der Waals surface area contributed by atoms with Crippen LogP contribution in [0.4, 0.5) is 0 Å². The molecule has 15 heavy (non-hydrogen) atoms. The number of unbranched alkanes of at least 4 members (excludes halogenated alkanes) is 1. The molecule has 0 aliphatic carbocycles. The maximum atomic E-state index is 5.16. The summed E-state index contributed by atoms with van der Waals surface area (Å²) in [5, 5.41) is 3.48. The van der Waals surface area contributed by atoms with E-state index in [-0.39, 0.29) is 0 Å². The average molecular weight is 216 g/mol. The summed E-state index contributed by atoms with van der Waals surface area (Å²) in [6, 6.07) is 1.05. The van der Waals surface area contributed by atoms with E-state index < -0.39 is 0 Å². The van der Waals surface area contributed by atoms with Crippen molar-refractivity contribution in [1.29, 1.82) is 0 Å². The highest BCUT2D eigenvalue weighted by atomic mass is 16.5. The third-order valence-corrected chi connectivity index (χ3v) is 2.95. The van der Waals surface area contributed by atoms with Gasteiger partial charge in [-0.15, -0.1) is 0 Å². The first-order valence-electron chi connectivity index (χ1n) is 6.05. The topological polar surface area (TPSA) is 24.5 Å². The van der Waals surface area contributed by atoms with Crippen LogP contribution in [-0.4, -0.2) is 50.8 Å². The molecule has 0 aliphatic heterocycles. The smallest absolute Gasteiger partial charge is 0.0615 e. The molecule has 0 amide bonds. The normalized spacial score (nSPS) is 15.6. The molecule has 3 nitrogen and oxygen atoms in total. The van der Waals surface area contributed by atoms with Gasteiger partial charge in [-0.25, -0.2) is 0 Å². The SMILES string of the molecule is CCCCNCC(C)N(C)C(C)COC. The third kappa shape index (κ3) is 6.88. The van der Waals surface area contributed by atoms with Crippen molar-refractivity contribution in [3.05, 3.63) is 0 Å². The molecular weight excluding hydrogens is 188 g/mol. The molecule has 0 aromatic heterocycles. The van der Waals surface area contributed by atoms with Gasteiger partial charge in [0.2, 0.25) is 0 Å². The van der Waals surface area contributed by atoms with Crippen molar-refractivity contribution in [1.82, 2.24) is 10.2 Å². The van der Waals surface area contributed by atoms with Crippen LogP contribution in [-0.2, 0) is 4.74 Å². The van der Waals surface area contributed by atoms with Crippen LogP contribution in [0.15, 0.2) is 0 Å². The zero-order chi connectivity index (χ0) is 11.7. The van der Waals surface area contributed by atoms with Crippen molar-refractivity contribution in [3.8, 4) is 0 Å². The minimum absolute atomic E-state index is 0.484. The van der Waals surface area contributed by atoms with Gasteiger partial charge in [-0.2, -0.15) is 0 Å². The lowest BCUT2D eigenvalue weighted by Crippen LogP contribution is -2.44. The minimum atomic E-state index is 0.484. The summed E-state index contributed by atoms with van der Waals surface area (Å²) in [5.74, 6) is 0. The van der Waals surface area contributed by atoms with Crippen molar-refractivity contribution in [2.75, 3.05) is 33.9 Å². The molecule has 0 aromatic carbocycles. The van der Waals surface area contributed by atoms with Crippen LogP contribution in [0.1, 0.15) is 33.6 Å². The summed E-state index contributed by atoms with van der Waals surface area (Å²) in [4.78, 5) is 2.36. The van der Waals surface area contributed by atoms with Gasteiger partial charge in [-0.05, 0) is 33.9 Å². The number of methoxy groups -OCH3 is 1. The molecule has 0 fully saturated rings. The molecule has 0 heterocycles. The highest BCUT2D eigenvalue weighted by molar-refractivity contribution is 4.71. The zero-order valence-electron chi connectivity index (χ0n) is 11.0. The Morgan fingerprint density at radius 3 is 2.47 bits per heavy atom. The Morgan fingerprint density at radius 2 is 1.93 bits per heavy atom. The number of nitrogens with one attached hydrogen (secondary N) is 1. The lowest BCUT2D eigenvalue weighted by Gasteiger charge is -2.30. The van der Waals surface area contributed by atoms with E-state index in [1.54, 1.807) is 7.11 Å². The number of ether oxygens (including phenoxy) is 1. The number of rotatable bonds is 9. The standard InChI is InChI=1S/C12H28N2O/c1-6-7-8-13-9-11(2)14(4)12(3)10-15-5/h11-13H,6-10H2,1-5H3. The molecule has 2 atom stereocenters. The van der Waals surface area contributed by atoms with E-state index in [1.165, 1.54) is 12.8 Å². The van der Waals surface area contributed by atoms with E-state index in [0.717, 1.165) is 19.7 Å². The fraction of sp³-hybridized carbons (Fsp3) is 1.00. The summed E-state index contributed by atoms with van der Waals surface area (Å²) >= 11 is 0. The molecule has 0 radical (unpaired) electrons. The van der Waals surface area contributed by atoms with Gasteiger partial charge in [0.05, 0.1) is 6.61 Å². The summed E-state index contributed by atoms with van der Waals surface area (Å²) in [7, 11) is 3.92. The molecule has 0 saturated carbocycles. The van der Waals surface area contributed by atoms with E-state index >= 15 is 0 Å². The van der Waals surface area contributed by atoms with Gasteiger partial charge in [0.1, 0.15) is 0 Å². The van der Waals surface area contributed by atoms with E-state index in [1.807, 2.05) is 0 Å². The summed E-state index contributed by atoms with van der Waals surface area (Å²) in [5.41, 5.74) is 0. The second kappa shape index (κ2) is 9.13. The lowest BCUT2D eigenvalue weighted by atomic mass is 10.2. The van der Waals surface area contributed by atoms with E-state index in [2.05, 4.69) is 38.0 Å². The van der Waals surface area contributed by atoms with Gasteiger partial charge in [-0.1, -0.05) is 13.3 Å². The number of hydrogen-bond acceptors (Lipinski definition) is 3. The fourth-order valence-electron chi connectivity index (χ4n) is 1.55. The van der Waals surface area contributed by atoms with E-state index in [9.17, 15) is 0 Å². The van der Waals surface area contributed by atoms with Crippen LogP contribution in [0.3, 0.4) is 0 Å². The third-order valence-electron chi connectivity index (χ3n) is 2.95. The predicted molar refractivity (Wildman–Crippen MR) is 66.3 cm³/mol. The van der Waals surface area contributed by atoms with Gasteiger partial charge in [-0.3, -0.25) is 4.90 Å². The first-order valence-corrected chi connectivity index (χ1v) is 6.05. The molecule has 0 aromatic rings. The van der Waals surface area contributed by atoms with Crippen molar-refractivity contribution in [2.24, 2.45) is 0 Å². The Morgan fingerprint density at radius 1 is 1.27 bits per heavy atom. The van der Waals surface area contributed by atoms with Crippen LogP contribution < -0.4 is 5.32 Å². The van der Waals surface area contributed by atoms with Crippen molar-refractivity contribution in [2.45, 2.75) is 45.7 Å². The Balaban J connectivity index is 3.63. The van der Waals surface area contributed by atoms with Gasteiger partial charge >= 0.3 is 0 Å². The first-order chi connectivity index (χ1) is 7.13. The van der Waals surface area contributed by atoms with Gasteiger partial charge in [0, 0.05) is 25.7 Å². The fourth-order valence-corrected chi connectivity index (χ4v) is 1.55. The largest absolute Gasteiger partial charge is 0.383 e. The Bertz CT molecular complexity index is 142. The van der Waals surface area contributed by atoms with Crippen molar-refractivity contribution >= 4 is 0 Å². The van der Waals surface area contributed by atoms with Crippen molar-refractivity contribution in [3.63, 3.8) is 0 Å². The summed E-state index contributed by atoms with van der Waals surface area (Å²) in [6.07, 6.45) is 2.53. The molecule has 92 valence electrons. The molecule has 3 heteroatoms. The van der Waals surface area contributed by atoms with Crippen molar-refractivity contribution < 1.29 is 4.74 Å². The zero-order valence-corrected chi connectivity index (χ0v) is 11.0. The summed E-state index contributed by atoms with van der Waals surface area (Å²) in [6.45, 7) is 9.67. The van der Waals surface area contributed by atoms with Crippen LogP contribution >= 0.6 is 0 Å². The maximum Gasteiger partial charge on any atom is 0.0615 e. The number of nitrogens with zero attached hydrogens (tertiary/aromatic N) is 1. The Kier molecular flexibility index (Phi) is 9.06. The van der Waals surface area contributed by atoms with Gasteiger partial charge in [0.25, 0.3) is 0 Å². The minimum Gasteiger partial charge on any atom is -0.383 e. The molecule has 1 N–H and O–H groups in total. The lowest BCUT2D eigenvalue weighted by molar-refractivity contribution is 0.0936. The maximum absolute atomic E-state index is 5.16. The van der Waals surface area contributed by atoms with Crippen LogP contribution in [0.5, 0.6) is 0 Å². The Labute approximate surface area is 95.2 Å². The van der Waals surface area contributed by atoms with Crippen LogP contribution in [0, 0.1) is 0 Å². The quantitative estimate of drug-likeness (QED) is 0.594. The van der Waals surface area contributed by atoms with Crippen LogP contribution in [0.25, 0.3) is 0 Å². The molecule has 2 unspecified atom stereocenters. The molecule has 0 aliphatic rings. The second-order valence-corrected chi connectivity index (χ2v) is 4.38. The molecule has 0 rings (SSSR count). The summed E-state index contributed by atoms with van der Waals surface area (Å²) < 4.78 is 5.16. The molecular formula is C12H28N2O. The first kappa shape index (κ1) is 14.9. The number of likely N-dealkylation sites (N-methyl/N-ethyl adjacent to an activating group) is 1. The molecule has 0 saturated heterocycles. The predicted octanol–water partition coefficient (Wildman–Crippen LogP) is 1.73. The average Bonchev–Trinajstić information content (AvgIpc) is 2.23.